The van der Waals surface area contributed by atoms with E-state index in [0.29, 0.717) is 0 Å². The van der Waals surface area contributed by atoms with Crippen molar-refractivity contribution in [1.82, 2.24) is 5.32 Å². The van der Waals surface area contributed by atoms with E-state index < -0.39 is 5.60 Å². The van der Waals surface area contributed by atoms with E-state index in [1.165, 1.54) is 0 Å². The Bertz CT molecular complexity index is 131. The molecular formula is C10H21NOS. The molecule has 0 aliphatic heterocycles. The van der Waals surface area contributed by atoms with Crippen molar-refractivity contribution in [2.75, 3.05) is 24.6 Å². The molecule has 0 atom stereocenters. The van der Waals surface area contributed by atoms with Crippen molar-refractivity contribution >= 4 is 11.8 Å². The van der Waals surface area contributed by atoms with Crippen molar-refractivity contribution in [3.63, 3.8) is 0 Å². The first-order chi connectivity index (χ1) is 6.06. The standard InChI is InChI=1S/C10H21NOS/c1-4-8-13-9-7-11-6-5-10(2,3)12/h4,11-12H,1,5-9H2,2-3H3. The van der Waals surface area contributed by atoms with Crippen LogP contribution in [0.5, 0.6) is 0 Å². The predicted molar refractivity (Wildman–Crippen MR) is 61.3 cm³/mol. The lowest BCUT2D eigenvalue weighted by atomic mass is 10.1. The first kappa shape index (κ1) is 13.0. The van der Waals surface area contributed by atoms with Crippen molar-refractivity contribution in [2.45, 2.75) is 25.9 Å². The third-order valence-corrected chi connectivity index (χ3v) is 2.54. The van der Waals surface area contributed by atoms with Gasteiger partial charge in [0.25, 0.3) is 0 Å². The van der Waals surface area contributed by atoms with Gasteiger partial charge in [0.2, 0.25) is 0 Å². The number of nitrogens with one attached hydrogen (secondary N) is 1. The van der Waals surface area contributed by atoms with Gasteiger partial charge in [0, 0.05) is 18.1 Å². The molecule has 0 fully saturated rings. The van der Waals surface area contributed by atoms with Gasteiger partial charge in [0.05, 0.1) is 5.60 Å². The maximum Gasteiger partial charge on any atom is 0.0603 e. The SMILES string of the molecule is C=CCSCCNCCC(C)(C)O. The van der Waals surface area contributed by atoms with Crippen LogP contribution >= 0.6 is 11.8 Å². The second kappa shape index (κ2) is 7.42. The maximum absolute atomic E-state index is 9.40. The van der Waals surface area contributed by atoms with Crippen molar-refractivity contribution < 1.29 is 5.11 Å². The number of thioether (sulfide) groups is 1. The fraction of sp³-hybridized carbons (Fsp3) is 0.800. The van der Waals surface area contributed by atoms with Gasteiger partial charge in [0.1, 0.15) is 0 Å². The Hall–Kier alpha value is 0.01000. The lowest BCUT2D eigenvalue weighted by Gasteiger charge is -2.16. The van der Waals surface area contributed by atoms with Gasteiger partial charge >= 0.3 is 0 Å². The van der Waals surface area contributed by atoms with Crippen LogP contribution in [0.15, 0.2) is 12.7 Å². The zero-order chi connectivity index (χ0) is 10.2. The minimum Gasteiger partial charge on any atom is -0.390 e. The monoisotopic (exact) mass is 203 g/mol. The molecule has 0 amide bonds. The first-order valence-corrected chi connectivity index (χ1v) is 5.83. The largest absolute Gasteiger partial charge is 0.390 e. The Morgan fingerprint density at radius 2 is 2.15 bits per heavy atom. The summed E-state index contributed by atoms with van der Waals surface area (Å²) in [6.07, 6.45) is 2.72. The summed E-state index contributed by atoms with van der Waals surface area (Å²) in [5.41, 5.74) is -0.540. The Balaban J connectivity index is 3.04. The topological polar surface area (TPSA) is 32.3 Å². The van der Waals surface area contributed by atoms with E-state index in [9.17, 15) is 5.11 Å². The number of hydrogen-bond donors (Lipinski definition) is 2. The van der Waals surface area contributed by atoms with Gasteiger partial charge in [0.15, 0.2) is 0 Å². The van der Waals surface area contributed by atoms with Crippen LogP contribution in [0.3, 0.4) is 0 Å². The van der Waals surface area contributed by atoms with Gasteiger partial charge in [-0.2, -0.15) is 11.8 Å². The van der Waals surface area contributed by atoms with E-state index in [1.54, 1.807) is 0 Å². The molecule has 0 rings (SSSR count). The highest BCUT2D eigenvalue weighted by atomic mass is 32.2. The molecule has 0 aliphatic rings. The van der Waals surface area contributed by atoms with Crippen LogP contribution in [0.1, 0.15) is 20.3 Å². The number of rotatable bonds is 8. The van der Waals surface area contributed by atoms with Gasteiger partial charge in [-0.3, -0.25) is 0 Å². The molecule has 78 valence electrons. The van der Waals surface area contributed by atoms with E-state index in [2.05, 4.69) is 11.9 Å². The van der Waals surface area contributed by atoms with Crippen molar-refractivity contribution in [2.24, 2.45) is 0 Å². The second-order valence-corrected chi connectivity index (χ2v) is 4.83. The summed E-state index contributed by atoms with van der Waals surface area (Å²) in [7, 11) is 0. The Morgan fingerprint density at radius 1 is 1.46 bits per heavy atom. The van der Waals surface area contributed by atoms with Gasteiger partial charge in [-0.05, 0) is 26.8 Å². The summed E-state index contributed by atoms with van der Waals surface area (Å²) in [5, 5.41) is 12.7. The van der Waals surface area contributed by atoms with E-state index in [0.717, 1.165) is 31.0 Å². The van der Waals surface area contributed by atoms with Crippen LogP contribution in [0.25, 0.3) is 0 Å². The quantitative estimate of drug-likeness (QED) is 0.465. The highest BCUT2D eigenvalue weighted by Gasteiger charge is 2.10. The molecule has 0 bridgehead atoms. The molecule has 13 heavy (non-hydrogen) atoms. The van der Waals surface area contributed by atoms with E-state index in [1.807, 2.05) is 31.7 Å². The van der Waals surface area contributed by atoms with Crippen molar-refractivity contribution in [3.05, 3.63) is 12.7 Å². The summed E-state index contributed by atoms with van der Waals surface area (Å²) >= 11 is 1.87. The molecule has 0 unspecified atom stereocenters. The van der Waals surface area contributed by atoms with Crippen LogP contribution in [-0.4, -0.2) is 35.3 Å². The molecule has 0 heterocycles. The molecular weight excluding hydrogens is 182 g/mol. The lowest BCUT2D eigenvalue weighted by Crippen LogP contribution is -2.27. The Kier molecular flexibility index (Phi) is 7.42. The first-order valence-electron chi connectivity index (χ1n) is 4.68. The molecule has 0 aromatic carbocycles. The summed E-state index contributed by atoms with van der Waals surface area (Å²) in [6.45, 7) is 9.22. The second-order valence-electron chi connectivity index (χ2n) is 3.68. The molecule has 2 N–H and O–H groups in total. The van der Waals surface area contributed by atoms with Crippen LogP contribution in [0, 0.1) is 0 Å². The predicted octanol–water partition coefficient (Wildman–Crippen LogP) is 1.66. The third kappa shape index (κ3) is 12.0. The highest BCUT2D eigenvalue weighted by Crippen LogP contribution is 2.05. The molecule has 0 aromatic rings. The maximum atomic E-state index is 9.40. The summed E-state index contributed by atoms with van der Waals surface area (Å²) in [5.74, 6) is 2.13. The fourth-order valence-electron chi connectivity index (χ4n) is 0.830. The van der Waals surface area contributed by atoms with E-state index in [4.69, 9.17) is 0 Å². The Labute approximate surface area is 85.8 Å². The van der Waals surface area contributed by atoms with Gasteiger partial charge < -0.3 is 10.4 Å². The van der Waals surface area contributed by atoms with Gasteiger partial charge in [-0.25, -0.2) is 0 Å². The van der Waals surface area contributed by atoms with Crippen LogP contribution < -0.4 is 5.32 Å². The average Bonchev–Trinajstić information content (AvgIpc) is 2.01. The third-order valence-electron chi connectivity index (χ3n) is 1.57. The average molecular weight is 203 g/mol. The molecule has 3 heteroatoms. The molecule has 0 saturated heterocycles. The normalized spacial score (nSPS) is 11.6. The number of hydrogen-bond acceptors (Lipinski definition) is 3. The fourth-order valence-corrected chi connectivity index (χ4v) is 1.45. The summed E-state index contributed by atoms with van der Waals surface area (Å²) < 4.78 is 0. The molecule has 0 aromatic heterocycles. The van der Waals surface area contributed by atoms with Crippen LogP contribution in [0.2, 0.25) is 0 Å². The highest BCUT2D eigenvalue weighted by molar-refractivity contribution is 7.99. The number of aliphatic hydroxyl groups is 1. The van der Waals surface area contributed by atoms with E-state index in [-0.39, 0.29) is 0 Å². The molecule has 0 radical (unpaired) electrons. The minimum atomic E-state index is -0.540. The smallest absolute Gasteiger partial charge is 0.0603 e. The van der Waals surface area contributed by atoms with Gasteiger partial charge in [-0.1, -0.05) is 6.08 Å². The minimum absolute atomic E-state index is 0.540. The zero-order valence-electron chi connectivity index (χ0n) is 8.68. The van der Waals surface area contributed by atoms with Crippen molar-refractivity contribution in [1.29, 1.82) is 0 Å². The van der Waals surface area contributed by atoms with Gasteiger partial charge in [-0.15, -0.1) is 6.58 Å². The van der Waals surface area contributed by atoms with Crippen LogP contribution in [0.4, 0.5) is 0 Å². The summed E-state index contributed by atoms with van der Waals surface area (Å²) in [6, 6.07) is 0. The summed E-state index contributed by atoms with van der Waals surface area (Å²) in [4.78, 5) is 0. The molecule has 2 nitrogen and oxygen atoms in total. The molecule has 0 saturated carbocycles. The van der Waals surface area contributed by atoms with Crippen molar-refractivity contribution in [3.8, 4) is 0 Å². The zero-order valence-corrected chi connectivity index (χ0v) is 9.49. The molecule has 0 spiro atoms. The lowest BCUT2D eigenvalue weighted by molar-refractivity contribution is 0.0714. The Morgan fingerprint density at radius 3 is 2.69 bits per heavy atom. The molecule has 0 aliphatic carbocycles. The van der Waals surface area contributed by atoms with E-state index >= 15 is 0 Å². The van der Waals surface area contributed by atoms with Crippen LogP contribution in [-0.2, 0) is 0 Å².